The maximum atomic E-state index is 10.5. The molecule has 10 atom stereocenters. The quantitative estimate of drug-likeness (QED) is 0.470. The zero-order valence-electron chi connectivity index (χ0n) is 20.8. The topological polar surface area (TPSA) is 20.2 Å². The average molecular weight is 413 g/mol. The van der Waals surface area contributed by atoms with E-state index in [1.807, 2.05) is 5.57 Å². The Labute approximate surface area is 186 Å². The summed E-state index contributed by atoms with van der Waals surface area (Å²) >= 11 is 0. The van der Waals surface area contributed by atoms with Crippen molar-refractivity contribution in [1.29, 1.82) is 0 Å². The predicted molar refractivity (Wildman–Crippen MR) is 128 cm³/mol. The zero-order chi connectivity index (χ0) is 21.8. The summed E-state index contributed by atoms with van der Waals surface area (Å²) < 4.78 is 0. The fourth-order valence-corrected chi connectivity index (χ4v) is 8.56. The van der Waals surface area contributed by atoms with Crippen LogP contribution in [0.2, 0.25) is 0 Å². The molecule has 0 amide bonds. The Kier molecular flexibility index (Phi) is 6.10. The molecule has 3 fully saturated rings. The zero-order valence-corrected chi connectivity index (χ0v) is 20.8. The Hall–Kier alpha value is -0.560. The summed E-state index contributed by atoms with van der Waals surface area (Å²) in [5.41, 5.74) is 2.75. The van der Waals surface area contributed by atoms with Gasteiger partial charge in [-0.25, -0.2) is 0 Å². The molecule has 30 heavy (non-hydrogen) atoms. The first-order valence-electron chi connectivity index (χ1n) is 13.2. The number of hydrogen-bond donors (Lipinski definition) is 1. The lowest BCUT2D eigenvalue weighted by Crippen LogP contribution is -2.52. The van der Waals surface area contributed by atoms with Crippen molar-refractivity contribution in [2.24, 2.45) is 58.2 Å². The molecule has 0 aromatic carbocycles. The summed E-state index contributed by atoms with van der Waals surface area (Å²) in [5, 5.41) is 10.5. The third-order valence-corrected chi connectivity index (χ3v) is 11.1. The summed E-state index contributed by atoms with van der Waals surface area (Å²) in [6.07, 6.45) is 16.7. The van der Waals surface area contributed by atoms with Gasteiger partial charge in [0.2, 0.25) is 0 Å². The van der Waals surface area contributed by atoms with E-state index in [0.29, 0.717) is 34.5 Å². The highest BCUT2D eigenvalue weighted by Crippen LogP contribution is 2.67. The van der Waals surface area contributed by atoms with E-state index in [2.05, 4.69) is 66.7 Å². The van der Waals surface area contributed by atoms with Gasteiger partial charge >= 0.3 is 0 Å². The highest BCUT2D eigenvalue weighted by molar-refractivity contribution is 5.28. The molecule has 0 spiro atoms. The van der Waals surface area contributed by atoms with Gasteiger partial charge < -0.3 is 5.11 Å². The second kappa shape index (κ2) is 8.09. The summed E-state index contributed by atoms with van der Waals surface area (Å²) in [6, 6.07) is 0. The van der Waals surface area contributed by atoms with Gasteiger partial charge in [-0.2, -0.15) is 0 Å². The van der Waals surface area contributed by atoms with Crippen molar-refractivity contribution in [3.8, 4) is 0 Å². The Morgan fingerprint density at radius 1 is 0.933 bits per heavy atom. The van der Waals surface area contributed by atoms with Crippen LogP contribution in [0.15, 0.2) is 23.8 Å². The van der Waals surface area contributed by atoms with Gasteiger partial charge in [-0.1, -0.05) is 72.3 Å². The molecule has 0 aromatic heterocycles. The number of aliphatic hydroxyl groups is 1. The lowest BCUT2D eigenvalue weighted by molar-refractivity contribution is -0.0767. The second-order valence-electron chi connectivity index (χ2n) is 12.7. The largest absolute Gasteiger partial charge is 0.393 e. The van der Waals surface area contributed by atoms with E-state index in [0.717, 1.165) is 30.1 Å². The molecular formula is C29H48O. The Balaban J connectivity index is 1.56. The van der Waals surface area contributed by atoms with Crippen LogP contribution in [0.25, 0.3) is 0 Å². The molecule has 0 bridgehead atoms. The number of allylic oxidation sites excluding steroid dienone is 4. The van der Waals surface area contributed by atoms with Crippen LogP contribution in [0.1, 0.15) is 93.4 Å². The minimum Gasteiger partial charge on any atom is -0.393 e. The summed E-state index contributed by atoms with van der Waals surface area (Å²) in [5.74, 6) is 5.64. The molecule has 1 nitrogen and oxygen atoms in total. The minimum atomic E-state index is -0.0800. The van der Waals surface area contributed by atoms with Crippen LogP contribution >= 0.6 is 0 Å². The summed E-state index contributed by atoms with van der Waals surface area (Å²) in [6.45, 7) is 17.1. The van der Waals surface area contributed by atoms with Gasteiger partial charge in [-0.15, -0.1) is 0 Å². The third-order valence-electron chi connectivity index (χ3n) is 11.1. The van der Waals surface area contributed by atoms with E-state index in [9.17, 15) is 5.11 Å². The highest BCUT2D eigenvalue weighted by atomic mass is 16.3. The van der Waals surface area contributed by atoms with Crippen molar-refractivity contribution in [1.82, 2.24) is 0 Å². The van der Waals surface area contributed by atoms with Crippen LogP contribution < -0.4 is 0 Å². The van der Waals surface area contributed by atoms with E-state index >= 15 is 0 Å². The standard InChI is InChI=1S/C29H48O/c1-18(2)19(3)8-9-20(4)23-12-13-25-22-10-11-24-21(5)27(30)15-17-29(24,7)26(22)14-16-28(23,25)6/h8-10,18-21,23-27,30H,11-17H2,1-7H3/b9-8+/t19-,20+,21-,23+,24-,25?,26?,27-,28+,29-/m0/s1. The molecule has 1 heteroatoms. The van der Waals surface area contributed by atoms with Gasteiger partial charge in [-0.05, 0) is 103 Å². The maximum absolute atomic E-state index is 10.5. The van der Waals surface area contributed by atoms with Gasteiger partial charge in [0, 0.05) is 0 Å². The fraction of sp³-hybridized carbons (Fsp3) is 0.862. The van der Waals surface area contributed by atoms with Crippen LogP contribution in [-0.4, -0.2) is 11.2 Å². The Morgan fingerprint density at radius 2 is 1.60 bits per heavy atom. The summed E-state index contributed by atoms with van der Waals surface area (Å²) in [4.78, 5) is 0. The average Bonchev–Trinajstić information content (AvgIpc) is 3.06. The fourth-order valence-electron chi connectivity index (χ4n) is 8.56. The lowest BCUT2D eigenvalue weighted by Gasteiger charge is -2.59. The number of fused-ring (bicyclic) bond motifs is 5. The summed E-state index contributed by atoms with van der Waals surface area (Å²) in [7, 11) is 0. The number of hydrogen-bond acceptors (Lipinski definition) is 1. The molecule has 4 aliphatic rings. The molecule has 0 saturated heterocycles. The predicted octanol–water partition coefficient (Wildman–Crippen LogP) is 7.66. The van der Waals surface area contributed by atoms with Crippen LogP contribution in [0, 0.1) is 58.2 Å². The SMILES string of the molecule is CC(C)[C@@H](C)/C=C/[C@@H](C)[C@H]1CCC2C3=CC[C@H]4[C@H](C)[C@@H](O)CC[C@]4(C)C3CC[C@@]21C. The lowest BCUT2D eigenvalue weighted by atomic mass is 9.46. The van der Waals surface area contributed by atoms with E-state index in [1.165, 1.54) is 38.5 Å². The van der Waals surface area contributed by atoms with Crippen molar-refractivity contribution in [3.63, 3.8) is 0 Å². The van der Waals surface area contributed by atoms with Gasteiger partial charge in [0.05, 0.1) is 6.10 Å². The number of aliphatic hydroxyl groups excluding tert-OH is 1. The van der Waals surface area contributed by atoms with E-state index in [4.69, 9.17) is 0 Å². The molecule has 3 saturated carbocycles. The van der Waals surface area contributed by atoms with Crippen LogP contribution in [0.3, 0.4) is 0 Å². The molecule has 2 unspecified atom stereocenters. The molecular weight excluding hydrogens is 364 g/mol. The smallest absolute Gasteiger partial charge is 0.0568 e. The normalized spacial score (nSPS) is 48.1. The van der Waals surface area contributed by atoms with Gasteiger partial charge in [0.15, 0.2) is 0 Å². The molecule has 0 heterocycles. The van der Waals surface area contributed by atoms with Crippen molar-refractivity contribution in [2.75, 3.05) is 0 Å². The van der Waals surface area contributed by atoms with Gasteiger partial charge in [0.1, 0.15) is 0 Å². The molecule has 170 valence electrons. The van der Waals surface area contributed by atoms with Crippen LogP contribution in [-0.2, 0) is 0 Å². The third kappa shape index (κ3) is 3.46. The van der Waals surface area contributed by atoms with Crippen LogP contribution in [0.5, 0.6) is 0 Å². The molecule has 4 aliphatic carbocycles. The molecule has 0 aromatic rings. The highest BCUT2D eigenvalue weighted by Gasteiger charge is 2.58. The first kappa shape index (κ1) is 22.6. The minimum absolute atomic E-state index is 0.0800. The molecule has 0 radical (unpaired) electrons. The van der Waals surface area contributed by atoms with E-state index in [1.54, 1.807) is 0 Å². The Morgan fingerprint density at radius 3 is 2.30 bits per heavy atom. The molecule has 4 rings (SSSR count). The Bertz CT molecular complexity index is 688. The molecule has 1 N–H and O–H groups in total. The molecule has 0 aliphatic heterocycles. The van der Waals surface area contributed by atoms with Crippen molar-refractivity contribution >= 4 is 0 Å². The van der Waals surface area contributed by atoms with Gasteiger partial charge in [0.25, 0.3) is 0 Å². The van der Waals surface area contributed by atoms with Crippen molar-refractivity contribution < 1.29 is 5.11 Å². The van der Waals surface area contributed by atoms with Crippen LogP contribution in [0.4, 0.5) is 0 Å². The van der Waals surface area contributed by atoms with Crippen molar-refractivity contribution in [3.05, 3.63) is 23.8 Å². The monoisotopic (exact) mass is 412 g/mol. The maximum Gasteiger partial charge on any atom is 0.0568 e. The van der Waals surface area contributed by atoms with Gasteiger partial charge in [-0.3, -0.25) is 0 Å². The first-order valence-corrected chi connectivity index (χ1v) is 13.2. The van der Waals surface area contributed by atoms with Crippen molar-refractivity contribution in [2.45, 2.75) is 99.5 Å². The first-order chi connectivity index (χ1) is 14.1. The second-order valence-corrected chi connectivity index (χ2v) is 12.7. The van der Waals surface area contributed by atoms with E-state index < -0.39 is 0 Å². The van der Waals surface area contributed by atoms with E-state index in [-0.39, 0.29) is 6.10 Å². The number of rotatable bonds is 4.